The van der Waals surface area contributed by atoms with E-state index < -0.39 is 37.1 Å². The fraction of sp³-hybridized carbons (Fsp3) is 0.650. The van der Waals surface area contributed by atoms with Crippen LogP contribution in [0, 0.1) is 0 Å². The first-order valence-electron chi connectivity index (χ1n) is 11.3. The predicted molar refractivity (Wildman–Crippen MR) is 127 cm³/mol. The molecule has 0 aliphatic carbocycles. The van der Waals surface area contributed by atoms with Crippen LogP contribution in [0.1, 0.15) is 34.8 Å². The molecule has 14 nitrogen and oxygen atoms in total. The molecule has 8 N–H and O–H groups in total. The second-order valence-electron chi connectivity index (χ2n) is 8.57. The van der Waals surface area contributed by atoms with E-state index in [2.05, 4.69) is 25.6 Å². The number of carboxylic acid groups (broad SMARTS) is 1. The first-order chi connectivity index (χ1) is 16.8. The van der Waals surface area contributed by atoms with Crippen LogP contribution in [0.5, 0.6) is 0 Å². The van der Waals surface area contributed by atoms with Gasteiger partial charge in [-0.05, 0) is 12.8 Å². The number of ether oxygens (including phenoxy) is 1. The maximum atomic E-state index is 11.1. The number of aromatic nitrogens is 4. The van der Waals surface area contributed by atoms with Gasteiger partial charge in [0.1, 0.15) is 30.2 Å². The van der Waals surface area contributed by atoms with Crippen molar-refractivity contribution in [2.45, 2.75) is 67.6 Å². The van der Waals surface area contributed by atoms with Crippen molar-refractivity contribution >= 4 is 40.7 Å². The number of hydrogen-bond acceptors (Lipinski definition) is 11. The summed E-state index contributed by atoms with van der Waals surface area (Å²) in [6, 6.07) is 0.440. The average molecular weight is 560 g/mol. The van der Waals surface area contributed by atoms with Crippen LogP contribution in [-0.2, 0) is 9.53 Å². The van der Waals surface area contributed by atoms with Crippen molar-refractivity contribution in [3.05, 3.63) is 12.7 Å². The number of nitrogens with two attached hydrogens (primary N) is 1. The normalized spacial score (nSPS) is 29.8. The summed E-state index contributed by atoms with van der Waals surface area (Å²) >= 11 is 1.87. The van der Waals surface area contributed by atoms with Crippen LogP contribution < -0.4 is 75.5 Å². The van der Waals surface area contributed by atoms with E-state index in [1.165, 1.54) is 17.2 Å². The molecule has 0 radical (unpaired) electrons. The molecule has 0 unspecified atom stereocenters. The van der Waals surface area contributed by atoms with Gasteiger partial charge in [0.15, 0.2) is 17.7 Å². The second-order valence-corrected chi connectivity index (χ2v) is 9.85. The molecule has 3 saturated heterocycles. The molecule has 37 heavy (non-hydrogen) atoms. The van der Waals surface area contributed by atoms with Crippen LogP contribution in [0.15, 0.2) is 12.7 Å². The number of urea groups is 1. The number of anilines is 1. The van der Waals surface area contributed by atoms with Crippen molar-refractivity contribution in [2.24, 2.45) is 0 Å². The van der Waals surface area contributed by atoms with E-state index in [4.69, 9.17) is 20.7 Å². The van der Waals surface area contributed by atoms with Crippen molar-refractivity contribution in [3.8, 4) is 0 Å². The van der Waals surface area contributed by atoms with Crippen molar-refractivity contribution in [3.63, 3.8) is 0 Å². The first-order valence-corrected chi connectivity index (χ1v) is 12.3. The van der Waals surface area contributed by atoms with Crippen LogP contribution in [-0.4, -0.2) is 100.0 Å². The zero-order valence-corrected chi connectivity index (χ0v) is 25.5. The molecule has 5 heterocycles. The predicted octanol–water partition coefficient (Wildman–Crippen LogP) is -6.95. The van der Waals surface area contributed by atoms with E-state index in [9.17, 15) is 19.8 Å². The quantitative estimate of drug-likeness (QED) is 0.0957. The monoisotopic (exact) mass is 559 g/mol. The summed E-state index contributed by atoms with van der Waals surface area (Å²) in [5.41, 5.74) is 6.44. The Hall–Kier alpha value is -0.720. The number of thioether (sulfide) groups is 1. The number of nitrogens with one attached hydrogen (secondary N) is 2. The van der Waals surface area contributed by atoms with Gasteiger partial charge in [-0.25, -0.2) is 19.7 Å². The van der Waals surface area contributed by atoms with Crippen LogP contribution in [0.25, 0.3) is 11.2 Å². The summed E-state index contributed by atoms with van der Waals surface area (Å²) < 4.78 is 6.85. The Balaban J connectivity index is 0.000000680. The number of carbonyl (C=O) groups excluding carboxylic acids is 1. The van der Waals surface area contributed by atoms with Crippen molar-refractivity contribution < 1.29 is 96.7 Å². The number of fused-ring (bicyclic) bond motifs is 2. The van der Waals surface area contributed by atoms with Gasteiger partial charge in [0.2, 0.25) is 0 Å². The van der Waals surface area contributed by atoms with Gasteiger partial charge in [-0.3, -0.25) is 9.36 Å². The molecule has 3 aliphatic rings. The van der Waals surface area contributed by atoms with Crippen molar-refractivity contribution in [1.82, 2.24) is 30.2 Å². The molecule has 0 spiro atoms. The Labute approximate surface area is 264 Å². The number of nitrogens with zero attached hydrogens (tertiary/aromatic N) is 4. The molecule has 0 aromatic carbocycles. The molecule has 7 atom stereocenters. The number of carboxylic acids is 1. The Morgan fingerprint density at radius 2 is 1.97 bits per heavy atom. The van der Waals surface area contributed by atoms with Gasteiger partial charge in [-0.15, -0.1) is 0 Å². The van der Waals surface area contributed by atoms with Gasteiger partial charge in [0, 0.05) is 17.4 Å². The molecule has 2 amide bonds. The van der Waals surface area contributed by atoms with Crippen LogP contribution >= 0.6 is 11.8 Å². The van der Waals surface area contributed by atoms with Gasteiger partial charge < -0.3 is 44.4 Å². The molecule has 3 fully saturated rings. The zero-order chi connectivity index (χ0) is 25.1. The fourth-order valence-corrected chi connectivity index (χ4v) is 5.97. The summed E-state index contributed by atoms with van der Waals surface area (Å²) in [4.78, 5) is 33.4. The molecule has 3 aliphatic heterocycles. The molecule has 0 bridgehead atoms. The molecule has 2 aromatic rings. The molecule has 5 rings (SSSR count). The summed E-state index contributed by atoms with van der Waals surface area (Å²) in [5.74, 6) is 0.454. The summed E-state index contributed by atoms with van der Waals surface area (Å²) in [5, 5.41) is 43.5. The minimum Gasteiger partial charge on any atom is -1.00 e. The SMILES string of the molecule is Nc1ncnc2c1ncn2[C@@H]1O[C@H](CO)[C@@H](O)[C@H]1O.O=C(O)CCCC[C@@H]1SC[C@@H]2NC(=O)N[C@@H]21.[H-].[H-].[Na+].[Na+]. The van der Waals surface area contributed by atoms with Crippen molar-refractivity contribution in [1.29, 1.82) is 0 Å². The average Bonchev–Trinajstić information content (AvgIpc) is 3.57. The number of rotatable bonds is 7. The van der Waals surface area contributed by atoms with Gasteiger partial charge >= 0.3 is 71.1 Å². The number of nitrogen functional groups attached to an aromatic ring is 1. The standard InChI is InChI=1S/C10H13N5O4.C10H16N2O3S.2Na.2H/c11-8-5-9(13-2-12-8)15(3-14-5)10-7(18)6(17)4(1-16)19-10;13-8(14)4-2-1-3-7-9-6(5-16-7)11-10(15)12-9;;;;/h2-4,6-7,10,16-18H,1H2,(H2,11,12,13);6-7,9H,1-5H2,(H,13,14)(H2,11,12,15);;;;/q;;2*+1;2*-1/t4-,6-,7-,10-;6-,7-,9-;;;;/m10..../s1. The smallest absolute Gasteiger partial charge is 1.00 e. The molecule has 0 saturated carbocycles. The molecule has 196 valence electrons. The third-order valence-corrected chi connectivity index (χ3v) is 7.75. The summed E-state index contributed by atoms with van der Waals surface area (Å²) in [6.45, 7) is -0.390. The summed E-state index contributed by atoms with van der Waals surface area (Å²) in [6.07, 6.45) is 1.46. The first kappa shape index (κ1) is 32.5. The Morgan fingerprint density at radius 1 is 1.22 bits per heavy atom. The molecule has 2 aromatic heterocycles. The van der Waals surface area contributed by atoms with Crippen LogP contribution in [0.2, 0.25) is 0 Å². The number of aliphatic carboxylic acids is 1. The zero-order valence-electron chi connectivity index (χ0n) is 22.7. The maximum absolute atomic E-state index is 11.1. The van der Waals surface area contributed by atoms with Crippen molar-refractivity contribution in [2.75, 3.05) is 18.1 Å². The fourth-order valence-electron chi connectivity index (χ4n) is 4.43. The number of unbranched alkanes of at least 4 members (excludes halogenated alkanes) is 1. The molecule has 17 heteroatoms. The largest absolute Gasteiger partial charge is 1.00 e. The second kappa shape index (κ2) is 14.6. The minimum absolute atomic E-state index is 0. The number of aliphatic hydroxyl groups excluding tert-OH is 3. The topological polar surface area (TPSA) is 218 Å². The van der Waals surface area contributed by atoms with Crippen LogP contribution in [0.4, 0.5) is 10.6 Å². The van der Waals surface area contributed by atoms with Gasteiger partial charge in [-0.2, -0.15) is 11.8 Å². The third-order valence-electron chi connectivity index (χ3n) is 6.25. The van der Waals surface area contributed by atoms with Gasteiger partial charge in [0.05, 0.1) is 25.0 Å². The maximum Gasteiger partial charge on any atom is 1.00 e. The van der Waals surface area contributed by atoms with E-state index in [0.29, 0.717) is 16.4 Å². The van der Waals surface area contributed by atoms with Crippen LogP contribution in [0.3, 0.4) is 0 Å². The third kappa shape index (κ3) is 7.48. The Morgan fingerprint density at radius 3 is 2.65 bits per heavy atom. The minimum atomic E-state index is -1.19. The molecular formula is C20H31N7Na2O7S. The van der Waals surface area contributed by atoms with E-state index in [1.54, 1.807) is 0 Å². The number of imidazole rings is 1. The van der Waals surface area contributed by atoms with E-state index in [-0.39, 0.29) is 92.3 Å². The number of aliphatic hydroxyl groups is 3. The number of hydrogen-bond donors (Lipinski definition) is 7. The summed E-state index contributed by atoms with van der Waals surface area (Å²) in [7, 11) is 0. The number of amides is 2. The Bertz CT molecular complexity index is 1080. The number of carbonyl (C=O) groups is 2. The van der Waals surface area contributed by atoms with E-state index >= 15 is 0 Å². The van der Waals surface area contributed by atoms with Gasteiger partial charge in [0.25, 0.3) is 0 Å². The van der Waals surface area contributed by atoms with Gasteiger partial charge in [-0.1, -0.05) is 6.42 Å². The Kier molecular flexibility index (Phi) is 12.8. The van der Waals surface area contributed by atoms with E-state index in [1.807, 2.05) is 11.8 Å². The molecular weight excluding hydrogens is 528 g/mol. The van der Waals surface area contributed by atoms with E-state index in [0.717, 1.165) is 25.0 Å².